The number of ketones is 1. The van der Waals surface area contributed by atoms with E-state index in [1.54, 1.807) is 43.5 Å². The number of rotatable bonds is 6. The molecule has 0 saturated carbocycles. The lowest BCUT2D eigenvalue weighted by molar-refractivity contribution is 0.0663. The van der Waals surface area contributed by atoms with Crippen molar-refractivity contribution in [2.75, 3.05) is 7.11 Å². The molecule has 0 spiro atoms. The third kappa shape index (κ3) is 3.89. The van der Waals surface area contributed by atoms with Crippen molar-refractivity contribution in [3.8, 4) is 17.1 Å². The molecule has 1 N–H and O–H groups in total. The van der Waals surface area contributed by atoms with E-state index >= 15 is 0 Å². The average molecular weight is 348 g/mol. The standard InChI is InChI=1S/C21H16O5/c1-25-17-4-2-3-14(13-17)5-10-18(22)15-6-8-16(9-7-15)19-11-12-20(26-19)21(23)24/h2-13H,1H3,(H,23,24)/b10-5+. The lowest BCUT2D eigenvalue weighted by Crippen LogP contribution is -1.94. The molecule has 0 unspecified atom stereocenters. The Kier molecular flexibility index (Phi) is 4.99. The van der Waals surface area contributed by atoms with E-state index in [-0.39, 0.29) is 11.5 Å². The summed E-state index contributed by atoms with van der Waals surface area (Å²) in [7, 11) is 1.59. The van der Waals surface area contributed by atoms with Gasteiger partial charge in [0.25, 0.3) is 0 Å². The minimum Gasteiger partial charge on any atom is -0.497 e. The molecule has 26 heavy (non-hydrogen) atoms. The Balaban J connectivity index is 1.73. The van der Waals surface area contributed by atoms with Crippen LogP contribution in [-0.4, -0.2) is 24.0 Å². The zero-order valence-electron chi connectivity index (χ0n) is 14.0. The van der Waals surface area contributed by atoms with E-state index in [1.165, 1.54) is 12.1 Å². The summed E-state index contributed by atoms with van der Waals surface area (Å²) in [6.45, 7) is 0. The molecule has 0 fully saturated rings. The van der Waals surface area contributed by atoms with E-state index in [9.17, 15) is 9.59 Å². The predicted octanol–water partition coefficient (Wildman–Crippen LogP) is 4.55. The molecule has 3 rings (SSSR count). The quantitative estimate of drug-likeness (QED) is 0.522. The molecular formula is C21H16O5. The van der Waals surface area contributed by atoms with Crippen LogP contribution in [-0.2, 0) is 0 Å². The number of furan rings is 1. The highest BCUT2D eigenvalue weighted by Gasteiger charge is 2.11. The highest BCUT2D eigenvalue weighted by Crippen LogP contribution is 2.23. The first-order chi connectivity index (χ1) is 12.6. The predicted molar refractivity (Wildman–Crippen MR) is 97.5 cm³/mol. The van der Waals surface area contributed by atoms with Gasteiger partial charge in [0.15, 0.2) is 5.78 Å². The summed E-state index contributed by atoms with van der Waals surface area (Å²) in [5.41, 5.74) is 2.09. The number of carboxylic acids is 1. The van der Waals surface area contributed by atoms with E-state index in [1.807, 2.05) is 24.3 Å². The lowest BCUT2D eigenvalue weighted by Gasteiger charge is -2.01. The van der Waals surface area contributed by atoms with Gasteiger partial charge >= 0.3 is 5.97 Å². The maximum absolute atomic E-state index is 12.3. The van der Waals surface area contributed by atoms with Gasteiger partial charge in [-0.3, -0.25) is 4.79 Å². The molecule has 0 aliphatic heterocycles. The topological polar surface area (TPSA) is 76.7 Å². The highest BCUT2D eigenvalue weighted by atomic mass is 16.5. The monoisotopic (exact) mass is 348 g/mol. The molecule has 0 bridgehead atoms. The van der Waals surface area contributed by atoms with Crippen LogP contribution < -0.4 is 4.74 Å². The molecule has 0 saturated heterocycles. The number of hydrogen-bond acceptors (Lipinski definition) is 4. The van der Waals surface area contributed by atoms with Crippen LogP contribution in [0.3, 0.4) is 0 Å². The van der Waals surface area contributed by atoms with Crippen molar-refractivity contribution in [2.45, 2.75) is 0 Å². The van der Waals surface area contributed by atoms with Gasteiger partial charge in [-0.05, 0) is 35.9 Å². The Morgan fingerprint density at radius 2 is 1.81 bits per heavy atom. The zero-order chi connectivity index (χ0) is 18.5. The minimum absolute atomic E-state index is 0.124. The van der Waals surface area contributed by atoms with Gasteiger partial charge in [0, 0.05) is 11.1 Å². The lowest BCUT2D eigenvalue weighted by atomic mass is 10.1. The van der Waals surface area contributed by atoms with Crippen molar-refractivity contribution in [3.05, 3.63) is 83.6 Å². The van der Waals surface area contributed by atoms with Gasteiger partial charge in [-0.1, -0.05) is 42.5 Å². The van der Waals surface area contributed by atoms with Gasteiger partial charge in [-0.15, -0.1) is 0 Å². The third-order valence-corrected chi connectivity index (χ3v) is 3.79. The van der Waals surface area contributed by atoms with Gasteiger partial charge in [0.2, 0.25) is 5.76 Å². The van der Waals surface area contributed by atoms with E-state index in [0.717, 1.165) is 11.3 Å². The van der Waals surface area contributed by atoms with Crippen molar-refractivity contribution < 1.29 is 23.8 Å². The SMILES string of the molecule is COc1cccc(/C=C/C(=O)c2ccc(-c3ccc(C(=O)O)o3)cc2)c1. The van der Waals surface area contributed by atoms with Crippen LogP contribution in [0.1, 0.15) is 26.5 Å². The average Bonchev–Trinajstić information content (AvgIpc) is 3.17. The van der Waals surface area contributed by atoms with E-state index < -0.39 is 5.97 Å². The molecule has 0 radical (unpaired) electrons. The molecule has 1 heterocycles. The fourth-order valence-electron chi connectivity index (χ4n) is 2.42. The molecule has 130 valence electrons. The van der Waals surface area contributed by atoms with Gasteiger partial charge in [-0.2, -0.15) is 0 Å². The molecule has 3 aromatic rings. The summed E-state index contributed by atoms with van der Waals surface area (Å²) in [5, 5.41) is 8.89. The summed E-state index contributed by atoms with van der Waals surface area (Å²) >= 11 is 0. The fourth-order valence-corrected chi connectivity index (χ4v) is 2.42. The van der Waals surface area contributed by atoms with Crippen LogP contribution in [0.2, 0.25) is 0 Å². The molecule has 0 amide bonds. The maximum Gasteiger partial charge on any atom is 0.371 e. The summed E-state index contributed by atoms with van der Waals surface area (Å²) in [5.74, 6) is -0.214. The minimum atomic E-state index is -1.12. The molecule has 0 aliphatic rings. The second kappa shape index (κ2) is 7.53. The van der Waals surface area contributed by atoms with E-state index in [4.69, 9.17) is 14.3 Å². The number of methoxy groups -OCH3 is 1. The molecule has 2 aromatic carbocycles. The number of carboxylic acid groups (broad SMARTS) is 1. The summed E-state index contributed by atoms with van der Waals surface area (Å²) in [6, 6.07) is 17.2. The Bertz CT molecular complexity index is 964. The van der Waals surface area contributed by atoms with E-state index in [2.05, 4.69) is 0 Å². The second-order valence-corrected chi connectivity index (χ2v) is 5.52. The molecule has 0 aliphatic carbocycles. The Morgan fingerprint density at radius 1 is 1.04 bits per heavy atom. The first-order valence-electron chi connectivity index (χ1n) is 7.87. The largest absolute Gasteiger partial charge is 0.497 e. The van der Waals surface area contributed by atoms with Gasteiger partial charge in [0.05, 0.1) is 7.11 Å². The van der Waals surface area contributed by atoms with Gasteiger partial charge < -0.3 is 14.3 Å². The van der Waals surface area contributed by atoms with Crippen molar-refractivity contribution in [2.24, 2.45) is 0 Å². The van der Waals surface area contributed by atoms with Crippen LogP contribution in [0, 0.1) is 0 Å². The van der Waals surface area contributed by atoms with E-state index in [0.29, 0.717) is 16.9 Å². The van der Waals surface area contributed by atoms with Crippen LogP contribution in [0.4, 0.5) is 0 Å². The molecular weight excluding hydrogens is 332 g/mol. The maximum atomic E-state index is 12.3. The first-order valence-corrected chi connectivity index (χ1v) is 7.87. The number of allylic oxidation sites excluding steroid dienone is 1. The molecule has 0 atom stereocenters. The summed E-state index contributed by atoms with van der Waals surface area (Å²) in [6.07, 6.45) is 3.23. The third-order valence-electron chi connectivity index (χ3n) is 3.79. The number of carbonyl (C=O) groups is 2. The fraction of sp³-hybridized carbons (Fsp3) is 0.0476. The van der Waals surface area contributed by atoms with Crippen LogP contribution in [0.15, 0.2) is 71.2 Å². The Morgan fingerprint density at radius 3 is 2.46 bits per heavy atom. The zero-order valence-corrected chi connectivity index (χ0v) is 14.0. The van der Waals surface area contributed by atoms with Crippen LogP contribution in [0.5, 0.6) is 5.75 Å². The van der Waals surface area contributed by atoms with Gasteiger partial charge in [-0.25, -0.2) is 4.79 Å². The molecule has 1 aromatic heterocycles. The first kappa shape index (κ1) is 17.2. The second-order valence-electron chi connectivity index (χ2n) is 5.52. The normalized spacial score (nSPS) is 10.8. The number of benzene rings is 2. The Labute approximate surface area is 150 Å². The molecule has 5 heteroatoms. The van der Waals surface area contributed by atoms with Crippen molar-refractivity contribution >= 4 is 17.8 Å². The Hall–Kier alpha value is -3.60. The van der Waals surface area contributed by atoms with Gasteiger partial charge in [0.1, 0.15) is 11.5 Å². The van der Waals surface area contributed by atoms with Crippen LogP contribution >= 0.6 is 0 Å². The van der Waals surface area contributed by atoms with Crippen molar-refractivity contribution in [1.29, 1.82) is 0 Å². The number of carbonyl (C=O) groups excluding carboxylic acids is 1. The highest BCUT2D eigenvalue weighted by molar-refractivity contribution is 6.07. The smallest absolute Gasteiger partial charge is 0.371 e. The summed E-state index contributed by atoms with van der Waals surface area (Å²) in [4.78, 5) is 23.2. The molecule has 5 nitrogen and oxygen atoms in total. The number of aromatic carboxylic acids is 1. The van der Waals surface area contributed by atoms with Crippen molar-refractivity contribution in [1.82, 2.24) is 0 Å². The summed E-state index contributed by atoms with van der Waals surface area (Å²) < 4.78 is 10.4. The number of ether oxygens (including phenoxy) is 1. The van der Waals surface area contributed by atoms with Crippen LogP contribution in [0.25, 0.3) is 17.4 Å². The number of hydrogen-bond donors (Lipinski definition) is 1. The van der Waals surface area contributed by atoms with Crippen molar-refractivity contribution in [3.63, 3.8) is 0 Å².